The fraction of sp³-hybridized carbons (Fsp3) is 0.533. The maximum absolute atomic E-state index is 13.2. The van der Waals surface area contributed by atoms with Crippen molar-refractivity contribution in [1.82, 2.24) is 10.2 Å². The van der Waals surface area contributed by atoms with E-state index in [1.54, 1.807) is 4.90 Å². The number of nitrogens with zero attached hydrogens (tertiary/aromatic N) is 1. The van der Waals surface area contributed by atoms with E-state index in [9.17, 15) is 18.0 Å². The molecule has 6 heteroatoms. The molecule has 114 valence electrons. The van der Waals surface area contributed by atoms with Gasteiger partial charge in [-0.3, -0.25) is 4.79 Å². The molecule has 1 atom stereocenters. The summed E-state index contributed by atoms with van der Waals surface area (Å²) < 4.78 is 39.4. The van der Waals surface area contributed by atoms with Crippen LogP contribution in [0.1, 0.15) is 29.6 Å². The molecule has 1 aromatic rings. The molecule has 1 N–H and O–H groups in total. The Hall–Kier alpha value is -1.56. The zero-order valence-electron chi connectivity index (χ0n) is 11.6. The van der Waals surface area contributed by atoms with E-state index in [1.165, 1.54) is 0 Å². The van der Waals surface area contributed by atoms with Crippen LogP contribution < -0.4 is 5.32 Å². The van der Waals surface area contributed by atoms with Gasteiger partial charge >= 0.3 is 0 Å². The van der Waals surface area contributed by atoms with E-state index in [-0.39, 0.29) is 11.0 Å². The van der Waals surface area contributed by atoms with Gasteiger partial charge in [-0.2, -0.15) is 0 Å². The van der Waals surface area contributed by atoms with Crippen LogP contribution in [0.5, 0.6) is 0 Å². The van der Waals surface area contributed by atoms with E-state index >= 15 is 0 Å². The standard InChI is InChI=1S/C15H17F3N2O/c16-11-6-10(7-12(17)13(11)18)14(21)20-5-3-15(9-20)2-1-4-19-8-15/h6-7,19H,1-5,8-9H2/t15-/m1/s1. The van der Waals surface area contributed by atoms with Crippen molar-refractivity contribution in [3.63, 3.8) is 0 Å². The molecule has 1 aromatic carbocycles. The van der Waals surface area contributed by atoms with E-state index in [0.717, 1.165) is 44.5 Å². The fourth-order valence-corrected chi connectivity index (χ4v) is 3.35. The van der Waals surface area contributed by atoms with Crippen LogP contribution in [-0.4, -0.2) is 37.0 Å². The van der Waals surface area contributed by atoms with Crippen LogP contribution in [-0.2, 0) is 0 Å². The summed E-state index contributed by atoms with van der Waals surface area (Å²) in [6.45, 7) is 3.01. The average Bonchev–Trinajstić information content (AvgIpc) is 2.88. The minimum absolute atomic E-state index is 0.0744. The molecule has 2 aliphatic heterocycles. The summed E-state index contributed by atoms with van der Waals surface area (Å²) in [7, 11) is 0. The normalized spacial score (nSPS) is 25.6. The zero-order chi connectivity index (χ0) is 15.0. The lowest BCUT2D eigenvalue weighted by Gasteiger charge is -2.33. The molecule has 0 aliphatic carbocycles. The Morgan fingerprint density at radius 1 is 1.19 bits per heavy atom. The van der Waals surface area contributed by atoms with Crippen LogP contribution in [0.25, 0.3) is 0 Å². The Morgan fingerprint density at radius 2 is 1.90 bits per heavy atom. The molecular formula is C15H17F3N2O. The predicted molar refractivity (Wildman–Crippen MR) is 71.4 cm³/mol. The second-order valence-corrected chi connectivity index (χ2v) is 6.01. The summed E-state index contributed by atoms with van der Waals surface area (Å²) in [5.41, 5.74) is -0.0578. The summed E-state index contributed by atoms with van der Waals surface area (Å²) in [6, 6.07) is 1.54. The van der Waals surface area contributed by atoms with Crippen LogP contribution >= 0.6 is 0 Å². The molecule has 2 fully saturated rings. The van der Waals surface area contributed by atoms with E-state index in [2.05, 4.69) is 5.32 Å². The van der Waals surface area contributed by atoms with Crippen molar-refractivity contribution in [2.45, 2.75) is 19.3 Å². The summed E-state index contributed by atoms with van der Waals surface area (Å²) in [5.74, 6) is -4.63. The highest BCUT2D eigenvalue weighted by molar-refractivity contribution is 5.94. The molecule has 0 radical (unpaired) electrons. The van der Waals surface area contributed by atoms with Gasteiger partial charge in [-0.05, 0) is 37.9 Å². The fourth-order valence-electron chi connectivity index (χ4n) is 3.35. The van der Waals surface area contributed by atoms with E-state index in [0.29, 0.717) is 13.1 Å². The van der Waals surface area contributed by atoms with Crippen LogP contribution in [0.2, 0.25) is 0 Å². The molecule has 0 aromatic heterocycles. The number of hydrogen-bond acceptors (Lipinski definition) is 2. The summed E-state index contributed by atoms with van der Waals surface area (Å²) in [6.07, 6.45) is 3.01. The van der Waals surface area contributed by atoms with Crippen molar-refractivity contribution >= 4 is 5.91 Å². The van der Waals surface area contributed by atoms with Gasteiger partial charge in [0.1, 0.15) is 0 Å². The van der Waals surface area contributed by atoms with E-state index in [4.69, 9.17) is 0 Å². The van der Waals surface area contributed by atoms with Crippen molar-refractivity contribution in [1.29, 1.82) is 0 Å². The zero-order valence-corrected chi connectivity index (χ0v) is 11.6. The average molecular weight is 298 g/mol. The number of piperidine rings is 1. The highest BCUT2D eigenvalue weighted by Crippen LogP contribution is 2.37. The van der Waals surface area contributed by atoms with Gasteiger partial charge in [-0.25, -0.2) is 13.2 Å². The third-order valence-electron chi connectivity index (χ3n) is 4.52. The smallest absolute Gasteiger partial charge is 0.254 e. The molecular weight excluding hydrogens is 281 g/mol. The number of carbonyl (C=O) groups is 1. The number of nitrogens with one attached hydrogen (secondary N) is 1. The van der Waals surface area contributed by atoms with Crippen LogP contribution in [0.15, 0.2) is 12.1 Å². The van der Waals surface area contributed by atoms with E-state index in [1.807, 2.05) is 0 Å². The number of hydrogen-bond donors (Lipinski definition) is 1. The number of rotatable bonds is 1. The van der Waals surface area contributed by atoms with Gasteiger partial charge in [0.15, 0.2) is 17.5 Å². The molecule has 0 saturated carbocycles. The quantitative estimate of drug-likeness (QED) is 0.807. The van der Waals surface area contributed by atoms with Gasteiger partial charge in [-0.1, -0.05) is 0 Å². The summed E-state index contributed by atoms with van der Waals surface area (Å²) in [5, 5.41) is 3.33. The van der Waals surface area contributed by atoms with Crippen molar-refractivity contribution in [3.8, 4) is 0 Å². The Balaban J connectivity index is 1.77. The minimum Gasteiger partial charge on any atom is -0.338 e. The lowest BCUT2D eigenvalue weighted by Crippen LogP contribution is -2.42. The summed E-state index contributed by atoms with van der Waals surface area (Å²) >= 11 is 0. The third-order valence-corrected chi connectivity index (χ3v) is 4.52. The maximum atomic E-state index is 13.2. The number of halogens is 3. The molecule has 1 amide bonds. The van der Waals surface area contributed by atoms with Crippen LogP contribution in [0, 0.1) is 22.9 Å². The number of amides is 1. The van der Waals surface area contributed by atoms with Gasteiger partial charge in [0.2, 0.25) is 0 Å². The number of likely N-dealkylation sites (tertiary alicyclic amines) is 1. The Bertz CT molecular complexity index is 547. The van der Waals surface area contributed by atoms with E-state index < -0.39 is 23.4 Å². The molecule has 3 rings (SSSR count). The van der Waals surface area contributed by atoms with Crippen molar-refractivity contribution in [3.05, 3.63) is 35.1 Å². The molecule has 21 heavy (non-hydrogen) atoms. The van der Waals surface area contributed by atoms with Crippen molar-refractivity contribution in [2.24, 2.45) is 5.41 Å². The third kappa shape index (κ3) is 2.64. The second-order valence-electron chi connectivity index (χ2n) is 6.01. The van der Waals surface area contributed by atoms with Gasteiger partial charge < -0.3 is 10.2 Å². The molecule has 0 bridgehead atoms. The van der Waals surface area contributed by atoms with Crippen LogP contribution in [0.4, 0.5) is 13.2 Å². The molecule has 0 unspecified atom stereocenters. The number of carbonyl (C=O) groups excluding carboxylic acids is 1. The van der Waals surface area contributed by atoms with Gasteiger partial charge in [0.25, 0.3) is 5.91 Å². The number of benzene rings is 1. The predicted octanol–water partition coefficient (Wildman–Crippen LogP) is 2.32. The molecule has 3 nitrogen and oxygen atoms in total. The first-order chi connectivity index (χ1) is 10.0. The monoisotopic (exact) mass is 298 g/mol. The first kappa shape index (κ1) is 14.4. The Labute approximate surface area is 121 Å². The minimum atomic E-state index is -1.54. The second kappa shape index (κ2) is 5.33. The molecule has 2 heterocycles. The molecule has 2 aliphatic rings. The Morgan fingerprint density at radius 3 is 2.52 bits per heavy atom. The lowest BCUT2D eigenvalue weighted by molar-refractivity contribution is 0.0763. The van der Waals surface area contributed by atoms with Gasteiger partial charge in [0, 0.05) is 30.6 Å². The van der Waals surface area contributed by atoms with Gasteiger partial charge in [0.05, 0.1) is 0 Å². The Kier molecular flexibility index (Phi) is 3.65. The van der Waals surface area contributed by atoms with Crippen molar-refractivity contribution in [2.75, 3.05) is 26.2 Å². The SMILES string of the molecule is O=C(c1cc(F)c(F)c(F)c1)N1CC[C@@]2(CCCNC2)C1. The highest BCUT2D eigenvalue weighted by Gasteiger charge is 2.40. The van der Waals surface area contributed by atoms with Gasteiger partial charge in [-0.15, -0.1) is 0 Å². The maximum Gasteiger partial charge on any atom is 0.254 e. The lowest BCUT2D eigenvalue weighted by atomic mass is 9.80. The first-order valence-corrected chi connectivity index (χ1v) is 7.15. The summed E-state index contributed by atoms with van der Waals surface area (Å²) in [4.78, 5) is 13.9. The highest BCUT2D eigenvalue weighted by atomic mass is 19.2. The first-order valence-electron chi connectivity index (χ1n) is 7.15. The molecule has 2 saturated heterocycles. The van der Waals surface area contributed by atoms with Crippen molar-refractivity contribution < 1.29 is 18.0 Å². The topological polar surface area (TPSA) is 32.3 Å². The van der Waals surface area contributed by atoms with Crippen LogP contribution in [0.3, 0.4) is 0 Å². The molecule has 1 spiro atoms. The largest absolute Gasteiger partial charge is 0.338 e.